The lowest BCUT2D eigenvalue weighted by atomic mass is 9.84. The smallest absolute Gasteiger partial charge is 0.317 e. The summed E-state index contributed by atoms with van der Waals surface area (Å²) in [5, 5.41) is 11.5. The van der Waals surface area contributed by atoms with Crippen LogP contribution in [0.2, 0.25) is 0 Å². The molecule has 2 amide bonds. The molecule has 1 atom stereocenters. The number of nitrogens with zero attached hydrogens (tertiary/aromatic N) is 1. The lowest BCUT2D eigenvalue weighted by molar-refractivity contribution is -0.137. The number of rotatable bonds is 8. The molecule has 5 heteroatoms. The van der Waals surface area contributed by atoms with E-state index in [1.807, 2.05) is 42.2 Å². The maximum absolute atomic E-state index is 12.5. The first-order chi connectivity index (χ1) is 11.1. The number of urea groups is 1. The standard InChI is InChI=1S/C18H26N2O3/c1-14(16-9-3-2-4-10-16)20(13-15-7-5-8-15)18(23)19-12-6-11-17(21)22/h2-4,9-10,14-15H,5-8,11-13H2,1H3,(H,19,23)(H,21,22). The molecule has 0 saturated heterocycles. The second-order valence-electron chi connectivity index (χ2n) is 6.27. The highest BCUT2D eigenvalue weighted by molar-refractivity contribution is 5.75. The first kappa shape index (κ1) is 17.3. The Kier molecular flexibility index (Phi) is 6.44. The highest BCUT2D eigenvalue weighted by Gasteiger charge is 2.27. The number of carbonyl (C=O) groups is 2. The van der Waals surface area contributed by atoms with Gasteiger partial charge in [0, 0.05) is 19.5 Å². The van der Waals surface area contributed by atoms with Crippen LogP contribution in [0.1, 0.15) is 50.6 Å². The molecule has 0 spiro atoms. The topological polar surface area (TPSA) is 69.6 Å². The molecule has 1 unspecified atom stereocenters. The van der Waals surface area contributed by atoms with E-state index in [1.165, 1.54) is 19.3 Å². The van der Waals surface area contributed by atoms with Crippen molar-refractivity contribution in [3.8, 4) is 0 Å². The van der Waals surface area contributed by atoms with E-state index in [0.29, 0.717) is 18.9 Å². The molecule has 126 valence electrons. The molecule has 0 aromatic heterocycles. The molecule has 0 radical (unpaired) electrons. The van der Waals surface area contributed by atoms with Gasteiger partial charge in [-0.2, -0.15) is 0 Å². The van der Waals surface area contributed by atoms with Crippen molar-refractivity contribution in [3.05, 3.63) is 35.9 Å². The number of hydrogen-bond donors (Lipinski definition) is 2. The Labute approximate surface area is 137 Å². The molecule has 0 bridgehead atoms. The molecule has 23 heavy (non-hydrogen) atoms. The van der Waals surface area contributed by atoms with Gasteiger partial charge in [0.1, 0.15) is 0 Å². The van der Waals surface area contributed by atoms with Gasteiger partial charge in [-0.1, -0.05) is 36.8 Å². The Morgan fingerprint density at radius 3 is 2.57 bits per heavy atom. The van der Waals surface area contributed by atoms with Crippen LogP contribution in [0.4, 0.5) is 4.79 Å². The summed E-state index contributed by atoms with van der Waals surface area (Å²) in [4.78, 5) is 25.0. The van der Waals surface area contributed by atoms with Crippen molar-refractivity contribution >= 4 is 12.0 Å². The van der Waals surface area contributed by atoms with Gasteiger partial charge in [-0.3, -0.25) is 4.79 Å². The summed E-state index contributed by atoms with van der Waals surface area (Å²) in [6, 6.07) is 9.93. The fraction of sp³-hybridized carbons (Fsp3) is 0.556. The fourth-order valence-corrected chi connectivity index (χ4v) is 2.82. The van der Waals surface area contributed by atoms with Gasteiger partial charge in [0.25, 0.3) is 0 Å². The van der Waals surface area contributed by atoms with Crippen LogP contribution in [0.5, 0.6) is 0 Å². The van der Waals surface area contributed by atoms with Gasteiger partial charge < -0.3 is 15.3 Å². The average Bonchev–Trinajstić information content (AvgIpc) is 2.50. The predicted octanol–water partition coefficient (Wildman–Crippen LogP) is 3.42. The third-order valence-electron chi connectivity index (χ3n) is 4.53. The van der Waals surface area contributed by atoms with E-state index in [-0.39, 0.29) is 18.5 Å². The number of benzene rings is 1. The monoisotopic (exact) mass is 318 g/mol. The summed E-state index contributed by atoms with van der Waals surface area (Å²) in [6.07, 6.45) is 4.16. The summed E-state index contributed by atoms with van der Waals surface area (Å²) in [5.74, 6) is -0.242. The Morgan fingerprint density at radius 2 is 2.00 bits per heavy atom. The van der Waals surface area contributed by atoms with Crippen molar-refractivity contribution in [1.29, 1.82) is 0 Å². The van der Waals surface area contributed by atoms with Gasteiger partial charge in [-0.15, -0.1) is 0 Å². The van der Waals surface area contributed by atoms with E-state index in [0.717, 1.165) is 12.1 Å². The Morgan fingerprint density at radius 1 is 1.30 bits per heavy atom. The molecular weight excluding hydrogens is 292 g/mol. The molecule has 1 saturated carbocycles. The van der Waals surface area contributed by atoms with Crippen LogP contribution in [0, 0.1) is 5.92 Å². The van der Waals surface area contributed by atoms with E-state index in [9.17, 15) is 9.59 Å². The van der Waals surface area contributed by atoms with Crippen LogP contribution in [-0.4, -0.2) is 35.1 Å². The first-order valence-electron chi connectivity index (χ1n) is 8.39. The van der Waals surface area contributed by atoms with E-state index in [1.54, 1.807) is 0 Å². The number of amides is 2. The fourth-order valence-electron chi connectivity index (χ4n) is 2.82. The molecule has 1 aromatic carbocycles. The number of carbonyl (C=O) groups excluding carboxylic acids is 1. The summed E-state index contributed by atoms with van der Waals surface area (Å²) in [7, 11) is 0. The van der Waals surface area contributed by atoms with Crippen molar-refractivity contribution < 1.29 is 14.7 Å². The lowest BCUT2D eigenvalue weighted by Gasteiger charge is -2.36. The summed E-state index contributed by atoms with van der Waals surface area (Å²) in [6.45, 7) is 3.21. The third-order valence-corrected chi connectivity index (χ3v) is 4.53. The molecule has 0 aliphatic heterocycles. The van der Waals surface area contributed by atoms with Gasteiger partial charge in [-0.05, 0) is 37.7 Å². The van der Waals surface area contributed by atoms with Crippen LogP contribution in [-0.2, 0) is 4.79 Å². The highest BCUT2D eigenvalue weighted by atomic mass is 16.4. The molecule has 2 rings (SSSR count). The van der Waals surface area contributed by atoms with Crippen LogP contribution in [0.15, 0.2) is 30.3 Å². The highest BCUT2D eigenvalue weighted by Crippen LogP contribution is 2.30. The summed E-state index contributed by atoms with van der Waals surface area (Å²) in [5.41, 5.74) is 1.12. The Hall–Kier alpha value is -2.04. The molecule has 0 heterocycles. The molecular formula is C18H26N2O3. The van der Waals surface area contributed by atoms with E-state index >= 15 is 0 Å². The van der Waals surface area contributed by atoms with Gasteiger partial charge in [0.2, 0.25) is 0 Å². The lowest BCUT2D eigenvalue weighted by Crippen LogP contribution is -2.45. The van der Waals surface area contributed by atoms with E-state index in [2.05, 4.69) is 5.32 Å². The van der Waals surface area contributed by atoms with E-state index < -0.39 is 5.97 Å². The number of nitrogens with one attached hydrogen (secondary N) is 1. The number of hydrogen-bond acceptors (Lipinski definition) is 2. The largest absolute Gasteiger partial charge is 0.481 e. The average molecular weight is 318 g/mol. The van der Waals surface area contributed by atoms with Gasteiger partial charge in [-0.25, -0.2) is 4.79 Å². The van der Waals surface area contributed by atoms with Crippen molar-refractivity contribution in [2.75, 3.05) is 13.1 Å². The van der Waals surface area contributed by atoms with Crippen molar-refractivity contribution in [2.45, 2.75) is 45.1 Å². The normalized spacial score (nSPS) is 15.5. The minimum absolute atomic E-state index is 0.0104. The zero-order valence-corrected chi connectivity index (χ0v) is 13.7. The van der Waals surface area contributed by atoms with Gasteiger partial charge in [0.05, 0.1) is 6.04 Å². The Bertz CT molecular complexity index is 514. The third kappa shape index (κ3) is 5.27. The van der Waals surface area contributed by atoms with Gasteiger partial charge >= 0.3 is 12.0 Å². The minimum Gasteiger partial charge on any atom is -0.481 e. The van der Waals surface area contributed by atoms with Crippen LogP contribution in [0.25, 0.3) is 0 Å². The molecule has 2 N–H and O–H groups in total. The molecule has 1 aromatic rings. The number of carboxylic acids is 1. The number of carboxylic acid groups (broad SMARTS) is 1. The van der Waals surface area contributed by atoms with Crippen LogP contribution >= 0.6 is 0 Å². The maximum atomic E-state index is 12.5. The minimum atomic E-state index is -0.830. The van der Waals surface area contributed by atoms with Crippen LogP contribution < -0.4 is 5.32 Å². The SMILES string of the molecule is CC(c1ccccc1)N(CC1CCC1)C(=O)NCCCC(=O)O. The number of aliphatic carboxylic acids is 1. The van der Waals surface area contributed by atoms with Gasteiger partial charge in [0.15, 0.2) is 0 Å². The zero-order valence-electron chi connectivity index (χ0n) is 13.7. The maximum Gasteiger partial charge on any atom is 0.317 e. The summed E-state index contributed by atoms with van der Waals surface area (Å²) >= 11 is 0. The molecule has 1 aliphatic carbocycles. The molecule has 1 fully saturated rings. The second-order valence-corrected chi connectivity index (χ2v) is 6.27. The summed E-state index contributed by atoms with van der Waals surface area (Å²) < 4.78 is 0. The van der Waals surface area contributed by atoms with Crippen LogP contribution in [0.3, 0.4) is 0 Å². The first-order valence-corrected chi connectivity index (χ1v) is 8.39. The van der Waals surface area contributed by atoms with Crippen molar-refractivity contribution in [2.24, 2.45) is 5.92 Å². The van der Waals surface area contributed by atoms with Crippen molar-refractivity contribution in [3.63, 3.8) is 0 Å². The molecule has 5 nitrogen and oxygen atoms in total. The predicted molar refractivity (Wildman–Crippen MR) is 89.2 cm³/mol. The Balaban J connectivity index is 1.95. The molecule has 1 aliphatic rings. The van der Waals surface area contributed by atoms with E-state index in [4.69, 9.17) is 5.11 Å². The second kappa shape index (κ2) is 8.56. The van der Waals surface area contributed by atoms with Crippen molar-refractivity contribution in [1.82, 2.24) is 10.2 Å². The quantitative estimate of drug-likeness (QED) is 0.722. The zero-order chi connectivity index (χ0) is 16.7.